The minimum Gasteiger partial charge on any atom is -0.300 e. The van der Waals surface area contributed by atoms with Gasteiger partial charge in [0, 0.05) is 12.8 Å². The van der Waals surface area contributed by atoms with E-state index >= 15 is 0 Å². The zero-order valence-electron chi connectivity index (χ0n) is 10.3. The summed E-state index contributed by atoms with van der Waals surface area (Å²) in [6.45, 7) is 10.7. The molecule has 0 unspecified atom stereocenters. The average Bonchev–Trinajstić information content (AvgIpc) is 1.95. The van der Waals surface area contributed by atoms with E-state index in [2.05, 4.69) is 46.8 Å². The van der Waals surface area contributed by atoms with Gasteiger partial charge in [0.05, 0.1) is 0 Å². The predicted octanol–water partition coefficient (Wildman–Crippen LogP) is 3.98. The molecular weight excluding hydrogens is 172 g/mol. The van der Waals surface area contributed by atoms with Crippen LogP contribution in [-0.2, 0) is 4.79 Å². The number of allylic oxidation sites excluding steroid dienone is 2. The van der Waals surface area contributed by atoms with E-state index in [-0.39, 0.29) is 5.41 Å². The molecule has 0 bridgehead atoms. The van der Waals surface area contributed by atoms with E-state index in [4.69, 9.17) is 0 Å². The molecule has 0 amide bonds. The van der Waals surface area contributed by atoms with Crippen LogP contribution in [-0.4, -0.2) is 5.78 Å². The first-order valence-corrected chi connectivity index (χ1v) is 5.50. The van der Waals surface area contributed by atoms with Crippen molar-refractivity contribution in [2.75, 3.05) is 0 Å². The summed E-state index contributed by atoms with van der Waals surface area (Å²) < 4.78 is 0. The SMILES string of the molecule is CC(C)CC(=O)CCC=CC(C)(C)C. The number of hydrogen-bond donors (Lipinski definition) is 0. The van der Waals surface area contributed by atoms with Gasteiger partial charge in [-0.2, -0.15) is 0 Å². The Balaban J connectivity index is 3.64. The smallest absolute Gasteiger partial charge is 0.133 e. The molecule has 0 rings (SSSR count). The molecule has 1 heteroatoms. The van der Waals surface area contributed by atoms with Crippen molar-refractivity contribution in [1.82, 2.24) is 0 Å². The van der Waals surface area contributed by atoms with Crippen LogP contribution in [0.25, 0.3) is 0 Å². The van der Waals surface area contributed by atoms with Gasteiger partial charge in [-0.15, -0.1) is 0 Å². The summed E-state index contributed by atoms with van der Waals surface area (Å²) in [6.07, 6.45) is 6.62. The van der Waals surface area contributed by atoms with Crippen LogP contribution in [0.4, 0.5) is 0 Å². The van der Waals surface area contributed by atoms with Crippen LogP contribution in [0, 0.1) is 11.3 Å². The fraction of sp³-hybridized carbons (Fsp3) is 0.769. The fourth-order valence-electron chi connectivity index (χ4n) is 1.24. The Morgan fingerprint density at radius 1 is 1.29 bits per heavy atom. The van der Waals surface area contributed by atoms with Crippen molar-refractivity contribution >= 4 is 5.78 Å². The molecule has 1 nitrogen and oxygen atoms in total. The van der Waals surface area contributed by atoms with Crippen LogP contribution in [0.1, 0.15) is 53.9 Å². The lowest BCUT2D eigenvalue weighted by molar-refractivity contribution is -0.119. The van der Waals surface area contributed by atoms with E-state index in [1.807, 2.05) is 0 Å². The number of carbonyl (C=O) groups is 1. The Kier molecular flexibility index (Phi) is 5.75. The normalized spacial score (nSPS) is 12.7. The number of ketones is 1. The molecule has 0 N–H and O–H groups in total. The summed E-state index contributed by atoms with van der Waals surface area (Å²) in [6, 6.07) is 0. The number of Topliss-reactive ketones (excluding diaryl/α,β-unsaturated/α-hetero) is 1. The molecule has 14 heavy (non-hydrogen) atoms. The lowest BCUT2D eigenvalue weighted by Crippen LogP contribution is -2.02. The molecule has 0 fully saturated rings. The van der Waals surface area contributed by atoms with Crippen molar-refractivity contribution < 1.29 is 4.79 Å². The van der Waals surface area contributed by atoms with Gasteiger partial charge in [-0.3, -0.25) is 4.79 Å². The van der Waals surface area contributed by atoms with E-state index in [9.17, 15) is 4.79 Å². The summed E-state index contributed by atoms with van der Waals surface area (Å²) in [5.74, 6) is 0.882. The van der Waals surface area contributed by atoms with Crippen LogP contribution in [0.3, 0.4) is 0 Å². The molecule has 0 atom stereocenters. The largest absolute Gasteiger partial charge is 0.300 e. The molecule has 0 heterocycles. The maximum Gasteiger partial charge on any atom is 0.133 e. The van der Waals surface area contributed by atoms with E-state index in [0.29, 0.717) is 18.1 Å². The van der Waals surface area contributed by atoms with Crippen LogP contribution >= 0.6 is 0 Å². The highest BCUT2D eigenvalue weighted by Crippen LogP contribution is 2.15. The Labute approximate surface area is 88.6 Å². The maximum absolute atomic E-state index is 11.3. The van der Waals surface area contributed by atoms with Crippen LogP contribution in [0.15, 0.2) is 12.2 Å². The maximum atomic E-state index is 11.3. The van der Waals surface area contributed by atoms with Crippen LogP contribution in [0.5, 0.6) is 0 Å². The first kappa shape index (κ1) is 13.4. The van der Waals surface area contributed by atoms with Gasteiger partial charge in [0.25, 0.3) is 0 Å². The van der Waals surface area contributed by atoms with Crippen LogP contribution in [0.2, 0.25) is 0 Å². The monoisotopic (exact) mass is 196 g/mol. The second-order valence-corrected chi connectivity index (χ2v) is 5.44. The Bertz CT molecular complexity index is 194. The molecule has 0 aliphatic carbocycles. The third kappa shape index (κ3) is 9.50. The number of hydrogen-bond acceptors (Lipinski definition) is 1. The van der Waals surface area contributed by atoms with Crippen molar-refractivity contribution in [3.63, 3.8) is 0 Å². The van der Waals surface area contributed by atoms with Crippen molar-refractivity contribution in [3.05, 3.63) is 12.2 Å². The summed E-state index contributed by atoms with van der Waals surface area (Å²) in [4.78, 5) is 11.3. The van der Waals surface area contributed by atoms with Gasteiger partial charge in [0.2, 0.25) is 0 Å². The minimum atomic E-state index is 0.237. The molecule has 0 aromatic rings. The van der Waals surface area contributed by atoms with Gasteiger partial charge < -0.3 is 0 Å². The van der Waals surface area contributed by atoms with E-state index in [0.717, 1.165) is 12.8 Å². The van der Waals surface area contributed by atoms with E-state index in [1.54, 1.807) is 0 Å². The topological polar surface area (TPSA) is 17.1 Å². The lowest BCUT2D eigenvalue weighted by Gasteiger charge is -2.10. The molecular formula is C13H24O. The standard InChI is InChI=1S/C13H24O/c1-11(2)10-12(14)8-6-7-9-13(3,4)5/h7,9,11H,6,8,10H2,1-5H3. The first-order valence-electron chi connectivity index (χ1n) is 5.50. The van der Waals surface area contributed by atoms with E-state index in [1.165, 1.54) is 0 Å². The summed E-state index contributed by atoms with van der Waals surface area (Å²) in [5.41, 5.74) is 0.237. The second-order valence-electron chi connectivity index (χ2n) is 5.44. The summed E-state index contributed by atoms with van der Waals surface area (Å²) in [5, 5.41) is 0. The number of rotatable bonds is 5. The Morgan fingerprint density at radius 2 is 1.86 bits per heavy atom. The predicted molar refractivity (Wildman–Crippen MR) is 62.3 cm³/mol. The summed E-state index contributed by atoms with van der Waals surface area (Å²) >= 11 is 0. The lowest BCUT2D eigenvalue weighted by atomic mass is 9.95. The molecule has 0 saturated heterocycles. The molecule has 0 aliphatic rings. The quantitative estimate of drug-likeness (QED) is 0.608. The molecule has 0 aliphatic heterocycles. The average molecular weight is 196 g/mol. The molecule has 0 aromatic heterocycles. The van der Waals surface area contributed by atoms with Gasteiger partial charge >= 0.3 is 0 Å². The Morgan fingerprint density at radius 3 is 2.29 bits per heavy atom. The van der Waals surface area contributed by atoms with Gasteiger partial charge in [-0.1, -0.05) is 46.8 Å². The second kappa shape index (κ2) is 6.00. The summed E-state index contributed by atoms with van der Waals surface area (Å²) in [7, 11) is 0. The van der Waals surface area contributed by atoms with Gasteiger partial charge in [0.1, 0.15) is 5.78 Å². The molecule has 0 aromatic carbocycles. The van der Waals surface area contributed by atoms with Gasteiger partial charge in [-0.25, -0.2) is 0 Å². The van der Waals surface area contributed by atoms with Crippen molar-refractivity contribution in [2.45, 2.75) is 53.9 Å². The molecule has 0 spiro atoms. The van der Waals surface area contributed by atoms with Gasteiger partial charge in [0.15, 0.2) is 0 Å². The molecule has 0 saturated carbocycles. The zero-order chi connectivity index (χ0) is 11.2. The molecule has 82 valence electrons. The van der Waals surface area contributed by atoms with Crippen molar-refractivity contribution in [2.24, 2.45) is 11.3 Å². The molecule has 0 radical (unpaired) electrons. The van der Waals surface area contributed by atoms with Crippen LogP contribution < -0.4 is 0 Å². The fourth-order valence-corrected chi connectivity index (χ4v) is 1.24. The highest BCUT2D eigenvalue weighted by Gasteiger charge is 2.05. The van der Waals surface area contributed by atoms with Gasteiger partial charge in [-0.05, 0) is 17.8 Å². The number of carbonyl (C=O) groups excluding carboxylic acids is 1. The third-order valence-corrected chi connectivity index (χ3v) is 1.84. The first-order chi connectivity index (χ1) is 6.31. The highest BCUT2D eigenvalue weighted by molar-refractivity contribution is 5.78. The van der Waals surface area contributed by atoms with Crippen molar-refractivity contribution in [3.8, 4) is 0 Å². The minimum absolute atomic E-state index is 0.237. The van der Waals surface area contributed by atoms with E-state index < -0.39 is 0 Å². The third-order valence-electron chi connectivity index (χ3n) is 1.84. The zero-order valence-corrected chi connectivity index (χ0v) is 10.3. The highest BCUT2D eigenvalue weighted by atomic mass is 16.1. The van der Waals surface area contributed by atoms with Crippen molar-refractivity contribution in [1.29, 1.82) is 0 Å². The Hall–Kier alpha value is -0.590.